The Morgan fingerprint density at radius 3 is 2.55 bits per heavy atom. The van der Waals surface area contributed by atoms with Gasteiger partial charge in [0, 0.05) is 22.8 Å². The predicted molar refractivity (Wildman–Crippen MR) is 81.5 cm³/mol. The molecule has 0 bridgehead atoms. The summed E-state index contributed by atoms with van der Waals surface area (Å²) in [6.45, 7) is 1.96. The van der Waals surface area contributed by atoms with Gasteiger partial charge in [-0.15, -0.1) is 11.8 Å². The topological polar surface area (TPSA) is 29.1 Å². The molecular formula is C16H16FNOS. The van der Waals surface area contributed by atoms with E-state index in [0.29, 0.717) is 12.2 Å². The molecule has 20 heavy (non-hydrogen) atoms. The van der Waals surface area contributed by atoms with Crippen molar-refractivity contribution >= 4 is 23.4 Å². The van der Waals surface area contributed by atoms with Crippen molar-refractivity contribution in [3.05, 3.63) is 59.9 Å². The van der Waals surface area contributed by atoms with Crippen molar-refractivity contribution in [2.24, 2.45) is 0 Å². The molecule has 0 aliphatic heterocycles. The summed E-state index contributed by atoms with van der Waals surface area (Å²) in [6, 6.07) is 14.0. The van der Waals surface area contributed by atoms with E-state index in [1.54, 1.807) is 23.9 Å². The van der Waals surface area contributed by atoms with E-state index in [0.717, 1.165) is 16.1 Å². The van der Waals surface area contributed by atoms with E-state index >= 15 is 0 Å². The van der Waals surface area contributed by atoms with Gasteiger partial charge in [-0.05, 0) is 42.8 Å². The molecule has 0 fully saturated rings. The van der Waals surface area contributed by atoms with E-state index in [2.05, 4.69) is 5.32 Å². The highest BCUT2D eigenvalue weighted by Crippen LogP contribution is 2.19. The summed E-state index contributed by atoms with van der Waals surface area (Å²) < 4.78 is 12.7. The third-order valence-corrected chi connectivity index (χ3v) is 3.84. The maximum Gasteiger partial charge on any atom is 0.225 e. The quantitative estimate of drug-likeness (QED) is 0.833. The number of hydrogen-bond donors (Lipinski definition) is 1. The number of amides is 1. The first-order chi connectivity index (χ1) is 9.65. The fraction of sp³-hybridized carbons (Fsp3) is 0.188. The van der Waals surface area contributed by atoms with Crippen molar-refractivity contribution in [1.29, 1.82) is 0 Å². The molecule has 2 aromatic rings. The van der Waals surface area contributed by atoms with Gasteiger partial charge in [0.2, 0.25) is 5.91 Å². The Balaban J connectivity index is 1.78. The van der Waals surface area contributed by atoms with Crippen molar-refractivity contribution in [3.63, 3.8) is 0 Å². The third-order valence-electron chi connectivity index (χ3n) is 2.83. The van der Waals surface area contributed by atoms with E-state index < -0.39 is 0 Å². The van der Waals surface area contributed by atoms with E-state index in [9.17, 15) is 9.18 Å². The van der Waals surface area contributed by atoms with Crippen molar-refractivity contribution < 1.29 is 9.18 Å². The van der Waals surface area contributed by atoms with Gasteiger partial charge in [-0.3, -0.25) is 4.79 Å². The first-order valence-electron chi connectivity index (χ1n) is 6.39. The summed E-state index contributed by atoms with van der Waals surface area (Å²) in [6.07, 6.45) is 0.427. The Kier molecular flexibility index (Phi) is 5.18. The molecule has 0 aliphatic rings. The van der Waals surface area contributed by atoms with Gasteiger partial charge in [0.25, 0.3) is 0 Å². The fourth-order valence-corrected chi connectivity index (χ4v) is 2.57. The highest BCUT2D eigenvalue weighted by Gasteiger charge is 2.04. The lowest BCUT2D eigenvalue weighted by molar-refractivity contribution is -0.115. The van der Waals surface area contributed by atoms with Gasteiger partial charge in [-0.1, -0.05) is 18.2 Å². The normalized spacial score (nSPS) is 10.3. The summed E-state index contributed by atoms with van der Waals surface area (Å²) >= 11 is 1.54. The minimum atomic E-state index is -0.244. The number of hydrogen-bond acceptors (Lipinski definition) is 2. The number of carbonyl (C=O) groups is 1. The molecular weight excluding hydrogens is 273 g/mol. The lowest BCUT2D eigenvalue weighted by Crippen LogP contribution is -2.12. The first kappa shape index (κ1) is 14.6. The maximum atomic E-state index is 12.7. The van der Waals surface area contributed by atoms with E-state index in [1.165, 1.54) is 12.1 Å². The number of benzene rings is 2. The second-order valence-corrected chi connectivity index (χ2v) is 5.58. The van der Waals surface area contributed by atoms with E-state index in [4.69, 9.17) is 0 Å². The van der Waals surface area contributed by atoms with Crippen molar-refractivity contribution in [2.45, 2.75) is 18.2 Å². The Morgan fingerprint density at radius 1 is 1.15 bits per heavy atom. The minimum absolute atomic E-state index is 0.00564. The maximum absolute atomic E-state index is 12.7. The molecule has 0 radical (unpaired) electrons. The zero-order chi connectivity index (χ0) is 14.4. The Bertz CT molecular complexity index is 583. The van der Waals surface area contributed by atoms with Crippen LogP contribution in [-0.2, 0) is 4.79 Å². The SMILES string of the molecule is Cc1ccccc1NC(=O)CCSc1ccc(F)cc1. The zero-order valence-corrected chi connectivity index (χ0v) is 12.0. The molecule has 2 rings (SSSR count). The molecule has 1 amide bonds. The van der Waals surface area contributed by atoms with Gasteiger partial charge >= 0.3 is 0 Å². The average Bonchev–Trinajstić information content (AvgIpc) is 2.44. The summed E-state index contributed by atoms with van der Waals surface area (Å²) in [5, 5.41) is 2.89. The standard InChI is InChI=1S/C16H16FNOS/c1-12-4-2-3-5-15(12)18-16(19)10-11-20-14-8-6-13(17)7-9-14/h2-9H,10-11H2,1H3,(H,18,19). The van der Waals surface area contributed by atoms with Crippen molar-refractivity contribution in [2.75, 3.05) is 11.1 Å². The molecule has 104 valence electrons. The van der Waals surface area contributed by atoms with Gasteiger partial charge in [-0.2, -0.15) is 0 Å². The van der Waals surface area contributed by atoms with Crippen molar-refractivity contribution in [3.8, 4) is 0 Å². The summed E-state index contributed by atoms with van der Waals surface area (Å²) in [4.78, 5) is 12.8. The molecule has 2 nitrogen and oxygen atoms in total. The summed E-state index contributed by atoms with van der Waals surface area (Å²) in [7, 11) is 0. The van der Waals surface area contributed by atoms with Gasteiger partial charge in [-0.25, -0.2) is 4.39 Å². The molecule has 0 heterocycles. The fourth-order valence-electron chi connectivity index (χ4n) is 1.72. The number of thioether (sulfide) groups is 1. The number of para-hydroxylation sites is 1. The smallest absolute Gasteiger partial charge is 0.225 e. The first-order valence-corrected chi connectivity index (χ1v) is 7.37. The van der Waals surface area contributed by atoms with Crippen molar-refractivity contribution in [1.82, 2.24) is 0 Å². The molecule has 0 saturated carbocycles. The number of rotatable bonds is 5. The number of aryl methyl sites for hydroxylation is 1. The monoisotopic (exact) mass is 289 g/mol. The van der Waals surface area contributed by atoms with E-state index in [-0.39, 0.29) is 11.7 Å². The molecule has 0 aromatic heterocycles. The Hall–Kier alpha value is -1.81. The molecule has 0 saturated heterocycles. The summed E-state index contributed by atoms with van der Waals surface area (Å²) in [5.41, 5.74) is 1.90. The second kappa shape index (κ2) is 7.10. The van der Waals surface area contributed by atoms with Crippen LogP contribution in [0.15, 0.2) is 53.4 Å². The Labute approximate surface area is 122 Å². The predicted octanol–water partition coefficient (Wildman–Crippen LogP) is 4.26. The van der Waals surface area contributed by atoms with Gasteiger partial charge in [0.15, 0.2) is 0 Å². The molecule has 1 N–H and O–H groups in total. The second-order valence-electron chi connectivity index (χ2n) is 4.42. The van der Waals surface area contributed by atoms with E-state index in [1.807, 2.05) is 31.2 Å². The van der Waals surface area contributed by atoms with Crippen LogP contribution in [0.5, 0.6) is 0 Å². The molecule has 0 spiro atoms. The number of halogens is 1. The summed E-state index contributed by atoms with van der Waals surface area (Å²) in [5.74, 6) is 0.421. The van der Waals surface area contributed by atoms with Crippen LogP contribution in [0.25, 0.3) is 0 Å². The minimum Gasteiger partial charge on any atom is -0.326 e. The number of nitrogens with one attached hydrogen (secondary N) is 1. The molecule has 2 aromatic carbocycles. The van der Waals surface area contributed by atoms with Crippen LogP contribution < -0.4 is 5.32 Å². The van der Waals surface area contributed by atoms with Crippen LogP contribution in [-0.4, -0.2) is 11.7 Å². The van der Waals surface area contributed by atoms with Crippen LogP contribution in [0.2, 0.25) is 0 Å². The number of anilines is 1. The highest BCUT2D eigenvalue weighted by atomic mass is 32.2. The van der Waals surface area contributed by atoms with Gasteiger partial charge < -0.3 is 5.32 Å². The molecule has 0 unspecified atom stereocenters. The average molecular weight is 289 g/mol. The lowest BCUT2D eigenvalue weighted by atomic mass is 10.2. The number of carbonyl (C=O) groups excluding carboxylic acids is 1. The van der Waals surface area contributed by atoms with Crippen LogP contribution in [0.4, 0.5) is 10.1 Å². The lowest BCUT2D eigenvalue weighted by Gasteiger charge is -2.07. The zero-order valence-electron chi connectivity index (χ0n) is 11.2. The molecule has 0 atom stereocenters. The van der Waals surface area contributed by atoms with Gasteiger partial charge in [0.05, 0.1) is 0 Å². The highest BCUT2D eigenvalue weighted by molar-refractivity contribution is 7.99. The molecule has 0 aliphatic carbocycles. The third kappa shape index (κ3) is 4.38. The van der Waals surface area contributed by atoms with Crippen LogP contribution in [0.1, 0.15) is 12.0 Å². The largest absolute Gasteiger partial charge is 0.326 e. The van der Waals surface area contributed by atoms with Crippen LogP contribution >= 0.6 is 11.8 Å². The molecule has 4 heteroatoms. The van der Waals surface area contributed by atoms with Gasteiger partial charge in [0.1, 0.15) is 5.82 Å². The van der Waals surface area contributed by atoms with Crippen LogP contribution in [0.3, 0.4) is 0 Å². The Morgan fingerprint density at radius 2 is 1.85 bits per heavy atom. The van der Waals surface area contributed by atoms with Crippen LogP contribution in [0, 0.1) is 12.7 Å².